The van der Waals surface area contributed by atoms with Crippen molar-refractivity contribution >= 4 is 40.4 Å². The molecule has 0 spiro atoms. The lowest BCUT2D eigenvalue weighted by Gasteiger charge is -2.05. The van der Waals surface area contributed by atoms with Crippen molar-refractivity contribution in [2.45, 2.75) is 6.18 Å². The maximum absolute atomic E-state index is 12.6. The van der Waals surface area contributed by atoms with E-state index < -0.39 is 17.6 Å². The van der Waals surface area contributed by atoms with Crippen LogP contribution in [0.2, 0.25) is 10.0 Å². The van der Waals surface area contributed by atoms with Crippen molar-refractivity contribution in [1.82, 2.24) is 0 Å². The van der Waals surface area contributed by atoms with Gasteiger partial charge in [0.15, 0.2) is 0 Å². The van der Waals surface area contributed by atoms with E-state index in [0.717, 1.165) is 12.1 Å². The lowest BCUT2D eigenvalue weighted by molar-refractivity contribution is -0.137. The van der Waals surface area contributed by atoms with Crippen LogP contribution in [-0.2, 0) is 6.18 Å². The number of nitriles is 1. The molecule has 25 heavy (non-hydrogen) atoms. The SMILES string of the molecule is N#C/C(N=Nc1cccc(C(F)(F)F)c1)=N\Nc1cc(Cl)cc(Cl)c1. The molecule has 0 saturated heterocycles. The van der Waals surface area contributed by atoms with E-state index in [1.54, 1.807) is 6.07 Å². The normalized spacial score (nSPS) is 12.2. The van der Waals surface area contributed by atoms with Crippen molar-refractivity contribution < 1.29 is 13.2 Å². The van der Waals surface area contributed by atoms with E-state index in [4.69, 9.17) is 28.5 Å². The quantitative estimate of drug-likeness (QED) is 0.302. The number of halogens is 5. The maximum atomic E-state index is 12.6. The number of amidine groups is 1. The van der Waals surface area contributed by atoms with Gasteiger partial charge in [0.1, 0.15) is 6.07 Å². The molecule has 128 valence electrons. The molecule has 0 unspecified atom stereocenters. The van der Waals surface area contributed by atoms with Gasteiger partial charge in [-0.05, 0) is 36.4 Å². The fourth-order valence-electron chi connectivity index (χ4n) is 1.66. The molecule has 0 aliphatic heterocycles. The summed E-state index contributed by atoms with van der Waals surface area (Å²) in [4.78, 5) is 0. The molecule has 0 radical (unpaired) electrons. The van der Waals surface area contributed by atoms with Crippen LogP contribution in [0.1, 0.15) is 5.56 Å². The average molecular weight is 386 g/mol. The summed E-state index contributed by atoms with van der Waals surface area (Å²) in [5, 5.41) is 20.5. The minimum Gasteiger partial charge on any atom is -0.276 e. The van der Waals surface area contributed by atoms with Gasteiger partial charge >= 0.3 is 6.18 Å². The molecule has 5 nitrogen and oxygen atoms in total. The molecule has 2 aromatic carbocycles. The number of benzene rings is 2. The summed E-state index contributed by atoms with van der Waals surface area (Å²) < 4.78 is 37.9. The highest BCUT2D eigenvalue weighted by molar-refractivity contribution is 6.35. The topological polar surface area (TPSA) is 72.9 Å². The second-order valence-corrected chi connectivity index (χ2v) is 5.44. The van der Waals surface area contributed by atoms with Gasteiger partial charge in [0.25, 0.3) is 5.84 Å². The van der Waals surface area contributed by atoms with E-state index in [0.29, 0.717) is 15.7 Å². The first kappa shape index (κ1) is 18.7. The molecule has 2 rings (SSSR count). The summed E-state index contributed by atoms with van der Waals surface area (Å²) >= 11 is 11.6. The molecule has 0 heterocycles. The van der Waals surface area contributed by atoms with Crippen molar-refractivity contribution in [3.05, 3.63) is 58.1 Å². The van der Waals surface area contributed by atoms with Crippen LogP contribution in [0.15, 0.2) is 57.8 Å². The molecule has 1 N–H and O–H groups in total. The molecule has 0 bridgehead atoms. The van der Waals surface area contributed by atoms with Gasteiger partial charge in [0.05, 0.1) is 16.9 Å². The molecule has 0 atom stereocenters. The van der Waals surface area contributed by atoms with Gasteiger partial charge in [-0.15, -0.1) is 15.3 Å². The number of hydrogen-bond acceptors (Lipinski definition) is 4. The van der Waals surface area contributed by atoms with E-state index in [9.17, 15) is 13.2 Å². The number of anilines is 1. The number of rotatable bonds is 3. The predicted molar refractivity (Wildman–Crippen MR) is 89.1 cm³/mol. The third kappa shape index (κ3) is 5.74. The summed E-state index contributed by atoms with van der Waals surface area (Å²) in [6.07, 6.45) is -4.49. The fourth-order valence-corrected chi connectivity index (χ4v) is 2.18. The molecular formula is C15H8Cl2F3N5. The van der Waals surface area contributed by atoms with Gasteiger partial charge in [-0.2, -0.15) is 18.4 Å². The molecule has 0 aromatic heterocycles. The Balaban J connectivity index is 2.16. The zero-order valence-electron chi connectivity index (χ0n) is 12.2. The molecule has 2 aromatic rings. The van der Waals surface area contributed by atoms with Crippen LogP contribution in [0.4, 0.5) is 24.5 Å². The average Bonchev–Trinajstić information content (AvgIpc) is 2.53. The Bertz CT molecular complexity index is 852. The lowest BCUT2D eigenvalue weighted by Crippen LogP contribution is -2.03. The van der Waals surface area contributed by atoms with Gasteiger partial charge in [0, 0.05) is 10.0 Å². The highest BCUT2D eigenvalue weighted by Gasteiger charge is 2.30. The highest BCUT2D eigenvalue weighted by Crippen LogP contribution is 2.31. The van der Waals surface area contributed by atoms with Crippen molar-refractivity contribution in [2.24, 2.45) is 15.3 Å². The van der Waals surface area contributed by atoms with Crippen LogP contribution in [0, 0.1) is 11.3 Å². The Hall–Kier alpha value is -2.63. The Labute approximate surface area is 150 Å². The van der Waals surface area contributed by atoms with Crippen LogP contribution < -0.4 is 5.43 Å². The summed E-state index contributed by atoms with van der Waals surface area (Å²) in [5.74, 6) is -0.395. The molecule has 0 aliphatic rings. The van der Waals surface area contributed by atoms with Crippen LogP contribution >= 0.6 is 23.2 Å². The molecule has 0 fully saturated rings. The van der Waals surface area contributed by atoms with Crippen LogP contribution in [-0.4, -0.2) is 5.84 Å². The summed E-state index contributed by atoms with van der Waals surface area (Å²) in [5.41, 5.74) is 1.98. The Morgan fingerprint density at radius 1 is 1.08 bits per heavy atom. The third-order valence-electron chi connectivity index (χ3n) is 2.69. The second kappa shape index (κ2) is 7.96. The van der Waals surface area contributed by atoms with Crippen LogP contribution in [0.5, 0.6) is 0 Å². The third-order valence-corrected chi connectivity index (χ3v) is 3.12. The standard InChI is InChI=1S/C15H8Cl2F3N5/c16-10-5-11(17)7-13(6-10)23-25-14(8-21)24-22-12-3-1-2-9(4-12)15(18,19)20/h1-7,23H/b24-22?,25-14+. The van der Waals surface area contributed by atoms with E-state index in [2.05, 4.69) is 20.8 Å². The first-order chi connectivity index (χ1) is 11.8. The second-order valence-electron chi connectivity index (χ2n) is 4.57. The highest BCUT2D eigenvalue weighted by atomic mass is 35.5. The number of alkyl halides is 3. The van der Waals surface area contributed by atoms with Crippen LogP contribution in [0.3, 0.4) is 0 Å². The summed E-state index contributed by atoms with van der Waals surface area (Å²) in [6.45, 7) is 0. The zero-order valence-corrected chi connectivity index (χ0v) is 13.7. The number of hydrazone groups is 1. The number of nitrogens with one attached hydrogen (secondary N) is 1. The van der Waals surface area contributed by atoms with Crippen molar-refractivity contribution in [2.75, 3.05) is 5.43 Å². The molecule has 0 saturated carbocycles. The van der Waals surface area contributed by atoms with Gasteiger partial charge in [-0.3, -0.25) is 5.43 Å². The van der Waals surface area contributed by atoms with Crippen molar-refractivity contribution in [3.8, 4) is 6.07 Å². The summed E-state index contributed by atoms with van der Waals surface area (Å²) in [7, 11) is 0. The van der Waals surface area contributed by atoms with Crippen molar-refractivity contribution in [1.29, 1.82) is 5.26 Å². The van der Waals surface area contributed by atoms with E-state index in [-0.39, 0.29) is 5.69 Å². The van der Waals surface area contributed by atoms with E-state index in [1.807, 2.05) is 0 Å². The molecular weight excluding hydrogens is 378 g/mol. The van der Waals surface area contributed by atoms with Gasteiger partial charge in [-0.25, -0.2) is 0 Å². The first-order valence-corrected chi connectivity index (χ1v) is 7.32. The number of hydrogen-bond donors (Lipinski definition) is 1. The minimum atomic E-state index is -4.49. The first-order valence-electron chi connectivity index (χ1n) is 6.57. The van der Waals surface area contributed by atoms with E-state index >= 15 is 0 Å². The lowest BCUT2D eigenvalue weighted by atomic mass is 10.2. The monoisotopic (exact) mass is 385 g/mol. The molecule has 10 heteroatoms. The van der Waals surface area contributed by atoms with Gasteiger partial charge < -0.3 is 0 Å². The smallest absolute Gasteiger partial charge is 0.276 e. The number of nitrogens with zero attached hydrogens (tertiary/aromatic N) is 4. The number of azo groups is 1. The fraction of sp³-hybridized carbons (Fsp3) is 0.0667. The van der Waals surface area contributed by atoms with Gasteiger partial charge in [-0.1, -0.05) is 29.3 Å². The largest absolute Gasteiger partial charge is 0.416 e. The maximum Gasteiger partial charge on any atom is 0.416 e. The summed E-state index contributed by atoms with van der Waals surface area (Å²) in [6, 6.07) is 10.4. The molecule has 0 amide bonds. The Kier molecular flexibility index (Phi) is 5.96. The Morgan fingerprint density at radius 3 is 2.36 bits per heavy atom. The van der Waals surface area contributed by atoms with Crippen LogP contribution in [0.25, 0.3) is 0 Å². The zero-order chi connectivity index (χ0) is 18.4. The minimum absolute atomic E-state index is 0.0661. The van der Waals surface area contributed by atoms with Crippen molar-refractivity contribution in [3.63, 3.8) is 0 Å². The predicted octanol–water partition coefficient (Wildman–Crippen LogP) is 6.05. The van der Waals surface area contributed by atoms with Gasteiger partial charge in [0.2, 0.25) is 0 Å². The van der Waals surface area contributed by atoms with E-state index in [1.165, 1.54) is 30.3 Å². The molecule has 0 aliphatic carbocycles. The Morgan fingerprint density at radius 2 is 1.76 bits per heavy atom.